The first-order valence-electron chi connectivity index (χ1n) is 7.91. The second kappa shape index (κ2) is 6.56. The highest BCUT2D eigenvalue weighted by atomic mass is 16.4. The molecule has 1 saturated heterocycles. The van der Waals surface area contributed by atoms with Gasteiger partial charge in [0.15, 0.2) is 0 Å². The van der Waals surface area contributed by atoms with Crippen LogP contribution in [0.4, 0.5) is 0 Å². The lowest BCUT2D eigenvalue weighted by atomic mass is 10.0. The fourth-order valence-corrected chi connectivity index (χ4v) is 3.59. The van der Waals surface area contributed by atoms with Crippen molar-refractivity contribution in [1.29, 1.82) is 0 Å². The van der Waals surface area contributed by atoms with E-state index in [1.165, 1.54) is 15.7 Å². The second-order valence-corrected chi connectivity index (χ2v) is 6.10. The van der Waals surface area contributed by atoms with Gasteiger partial charge in [0.2, 0.25) is 0 Å². The van der Waals surface area contributed by atoms with Crippen molar-refractivity contribution in [3.8, 4) is 0 Å². The van der Waals surface area contributed by atoms with Crippen molar-refractivity contribution >= 4 is 28.8 Å². The third-order valence-corrected chi connectivity index (χ3v) is 4.56. The predicted octanol–water partition coefficient (Wildman–Crippen LogP) is 1.40. The minimum atomic E-state index is -1.15. The number of aromatic nitrogens is 1. The largest absolute Gasteiger partial charge is 0.480 e. The van der Waals surface area contributed by atoms with Gasteiger partial charge in [0.25, 0.3) is 0 Å². The van der Waals surface area contributed by atoms with Crippen LogP contribution in [-0.4, -0.2) is 55.3 Å². The third kappa shape index (κ3) is 3.08. The van der Waals surface area contributed by atoms with Crippen molar-refractivity contribution < 1.29 is 29.7 Å². The molecule has 0 radical (unpaired) electrons. The van der Waals surface area contributed by atoms with E-state index in [0.29, 0.717) is 35.9 Å². The quantitative estimate of drug-likeness (QED) is 0.723. The van der Waals surface area contributed by atoms with E-state index in [-0.39, 0.29) is 6.54 Å². The van der Waals surface area contributed by atoms with Crippen LogP contribution in [0.25, 0.3) is 10.9 Å². The lowest BCUT2D eigenvalue weighted by Crippen LogP contribution is -2.41. The Hall–Kier alpha value is -2.87. The molecule has 0 amide bonds. The zero-order valence-electron chi connectivity index (χ0n) is 13.3. The number of nitrogens with zero attached hydrogens (tertiary/aromatic N) is 2. The molecule has 2 atom stereocenters. The molecule has 1 unspecified atom stereocenters. The summed E-state index contributed by atoms with van der Waals surface area (Å²) in [5.74, 6) is -3.23. The number of likely N-dealkylation sites (tertiary alicyclic amines) is 1. The maximum atomic E-state index is 12.0. The number of carboxylic acids is 3. The molecule has 8 nitrogen and oxygen atoms in total. The van der Waals surface area contributed by atoms with Crippen molar-refractivity contribution in [2.75, 3.05) is 6.54 Å². The van der Waals surface area contributed by atoms with E-state index >= 15 is 0 Å². The topological polar surface area (TPSA) is 120 Å². The first-order chi connectivity index (χ1) is 11.9. The second-order valence-electron chi connectivity index (χ2n) is 6.10. The SMILES string of the molecule is O=C(O)Cn1cc(C(C(=O)O)N2CCC[C@H]2C(=O)O)c2ccccc21. The summed E-state index contributed by atoms with van der Waals surface area (Å²) in [6.45, 7) is 0.0710. The molecule has 0 aliphatic carbocycles. The fourth-order valence-electron chi connectivity index (χ4n) is 3.59. The van der Waals surface area contributed by atoms with Gasteiger partial charge in [0.05, 0.1) is 0 Å². The van der Waals surface area contributed by atoms with Gasteiger partial charge < -0.3 is 19.9 Å². The molecule has 25 heavy (non-hydrogen) atoms. The minimum Gasteiger partial charge on any atom is -0.480 e. The highest BCUT2D eigenvalue weighted by molar-refractivity contribution is 5.91. The summed E-state index contributed by atoms with van der Waals surface area (Å²) in [6, 6.07) is 4.95. The van der Waals surface area contributed by atoms with E-state index in [2.05, 4.69) is 0 Å². The molecule has 1 aromatic heterocycles. The minimum absolute atomic E-state index is 0.296. The molecule has 0 spiro atoms. The number of hydrogen-bond donors (Lipinski definition) is 3. The van der Waals surface area contributed by atoms with Crippen LogP contribution in [-0.2, 0) is 20.9 Å². The van der Waals surface area contributed by atoms with Gasteiger partial charge in [-0.25, -0.2) is 0 Å². The van der Waals surface area contributed by atoms with Gasteiger partial charge in [-0.3, -0.25) is 19.3 Å². The lowest BCUT2D eigenvalue weighted by molar-refractivity contribution is -0.149. The molecule has 132 valence electrons. The van der Waals surface area contributed by atoms with Crippen molar-refractivity contribution in [2.24, 2.45) is 0 Å². The van der Waals surface area contributed by atoms with Gasteiger partial charge in [-0.1, -0.05) is 18.2 Å². The van der Waals surface area contributed by atoms with Crippen LogP contribution in [0.2, 0.25) is 0 Å². The van der Waals surface area contributed by atoms with Crippen LogP contribution in [0.3, 0.4) is 0 Å². The number of hydrogen-bond acceptors (Lipinski definition) is 4. The van der Waals surface area contributed by atoms with Gasteiger partial charge in [0, 0.05) is 29.2 Å². The van der Waals surface area contributed by atoms with E-state index < -0.39 is 30.0 Å². The van der Waals surface area contributed by atoms with E-state index in [1.54, 1.807) is 24.3 Å². The molecule has 3 rings (SSSR count). The number of carboxylic acid groups (broad SMARTS) is 3. The molecular weight excluding hydrogens is 328 g/mol. The van der Waals surface area contributed by atoms with E-state index in [0.717, 1.165) is 0 Å². The van der Waals surface area contributed by atoms with Crippen molar-refractivity contribution in [3.05, 3.63) is 36.0 Å². The number of benzene rings is 1. The molecule has 2 heterocycles. The molecular formula is C17H18N2O6. The Labute approximate surface area is 142 Å². The highest BCUT2D eigenvalue weighted by Crippen LogP contribution is 2.35. The van der Waals surface area contributed by atoms with Gasteiger partial charge in [-0.2, -0.15) is 0 Å². The molecule has 8 heteroatoms. The molecule has 1 aromatic carbocycles. The van der Waals surface area contributed by atoms with E-state index in [9.17, 15) is 24.6 Å². The summed E-state index contributed by atoms with van der Waals surface area (Å²) in [4.78, 5) is 36.0. The highest BCUT2D eigenvalue weighted by Gasteiger charge is 2.40. The number of fused-ring (bicyclic) bond motifs is 1. The zero-order chi connectivity index (χ0) is 18.1. The third-order valence-electron chi connectivity index (χ3n) is 4.56. The standard InChI is InChI=1S/C17H18N2O6/c20-14(21)9-18-8-11(10-4-1-2-5-12(10)18)15(17(24)25)19-7-3-6-13(19)16(22)23/h1-2,4-5,8,13,15H,3,6-7,9H2,(H,20,21)(H,22,23)(H,24,25)/t13-,15?/m0/s1. The van der Waals surface area contributed by atoms with Crippen LogP contribution in [0, 0.1) is 0 Å². The van der Waals surface area contributed by atoms with Gasteiger partial charge >= 0.3 is 17.9 Å². The van der Waals surface area contributed by atoms with Crippen molar-refractivity contribution in [2.45, 2.75) is 31.5 Å². The van der Waals surface area contributed by atoms with Gasteiger partial charge in [0.1, 0.15) is 18.6 Å². The van der Waals surface area contributed by atoms with E-state index in [1.807, 2.05) is 0 Å². The molecule has 1 aliphatic heterocycles. The monoisotopic (exact) mass is 346 g/mol. The van der Waals surface area contributed by atoms with Crippen LogP contribution in [0.15, 0.2) is 30.5 Å². The van der Waals surface area contributed by atoms with Crippen molar-refractivity contribution in [3.63, 3.8) is 0 Å². The number of rotatable bonds is 6. The first-order valence-corrected chi connectivity index (χ1v) is 7.91. The molecule has 0 bridgehead atoms. The number of aliphatic carboxylic acids is 3. The summed E-state index contributed by atoms with van der Waals surface area (Å²) >= 11 is 0. The number of carbonyl (C=O) groups is 3. The first kappa shape index (κ1) is 17.0. The van der Waals surface area contributed by atoms with E-state index in [4.69, 9.17) is 5.11 Å². The van der Waals surface area contributed by atoms with Crippen LogP contribution >= 0.6 is 0 Å². The summed E-state index contributed by atoms with van der Waals surface area (Å²) in [5, 5.41) is 28.9. The normalized spacial score (nSPS) is 19.1. The summed E-state index contributed by atoms with van der Waals surface area (Å²) < 4.78 is 1.48. The van der Waals surface area contributed by atoms with Gasteiger partial charge in [-0.15, -0.1) is 0 Å². The molecule has 1 aliphatic rings. The summed E-state index contributed by atoms with van der Waals surface area (Å²) in [5.41, 5.74) is 1.02. The molecule has 3 N–H and O–H groups in total. The lowest BCUT2D eigenvalue weighted by Gasteiger charge is -2.27. The summed E-state index contributed by atoms with van der Waals surface area (Å²) in [7, 11) is 0. The fraction of sp³-hybridized carbons (Fsp3) is 0.353. The molecule has 2 aromatic rings. The Morgan fingerprint density at radius 2 is 1.88 bits per heavy atom. The summed E-state index contributed by atoms with van der Waals surface area (Å²) in [6.07, 6.45) is 2.51. The van der Waals surface area contributed by atoms with Gasteiger partial charge in [-0.05, 0) is 18.9 Å². The van der Waals surface area contributed by atoms with Crippen LogP contribution in [0.1, 0.15) is 24.4 Å². The maximum Gasteiger partial charge on any atom is 0.325 e. The number of para-hydroxylation sites is 1. The Morgan fingerprint density at radius 3 is 2.52 bits per heavy atom. The van der Waals surface area contributed by atoms with Crippen LogP contribution in [0.5, 0.6) is 0 Å². The Morgan fingerprint density at radius 1 is 1.16 bits per heavy atom. The average Bonchev–Trinajstić information content (AvgIpc) is 3.14. The Balaban J connectivity index is 2.12. The zero-order valence-corrected chi connectivity index (χ0v) is 13.3. The Kier molecular flexibility index (Phi) is 4.45. The Bertz CT molecular complexity index is 843. The smallest absolute Gasteiger partial charge is 0.325 e. The van der Waals surface area contributed by atoms with Crippen molar-refractivity contribution in [1.82, 2.24) is 9.47 Å². The average molecular weight is 346 g/mol. The maximum absolute atomic E-state index is 12.0. The molecule has 0 saturated carbocycles. The predicted molar refractivity (Wildman–Crippen MR) is 87.3 cm³/mol. The van der Waals surface area contributed by atoms with Crippen LogP contribution < -0.4 is 0 Å². The molecule has 1 fully saturated rings.